The van der Waals surface area contributed by atoms with Crippen LogP contribution >= 0.6 is 0 Å². The molecule has 7 fully saturated rings. The van der Waals surface area contributed by atoms with Crippen LogP contribution in [0.3, 0.4) is 0 Å². The Morgan fingerprint density at radius 2 is 1.46 bits per heavy atom. The van der Waals surface area contributed by atoms with Crippen LogP contribution in [-0.2, 0) is 14.3 Å². The summed E-state index contributed by atoms with van der Waals surface area (Å²) in [5, 5.41) is 0. The number of rotatable bonds is 0. The minimum absolute atomic E-state index is 0. The molecule has 0 aromatic rings. The molecule has 0 atom stereocenters. The minimum atomic E-state index is 0. The second-order valence-corrected chi connectivity index (χ2v) is 7.90. The van der Waals surface area contributed by atoms with E-state index in [0.29, 0.717) is 34.3 Å². The Morgan fingerprint density at radius 3 is 1.69 bits per heavy atom. The van der Waals surface area contributed by atoms with E-state index < -0.39 is 0 Å². The summed E-state index contributed by atoms with van der Waals surface area (Å²) in [7, 11) is 5.90. The Kier molecular flexibility index (Phi) is 9.56. The lowest BCUT2D eigenvalue weighted by Gasteiger charge is -2.46. The predicted molar refractivity (Wildman–Crippen MR) is 105 cm³/mol. The van der Waals surface area contributed by atoms with Crippen LogP contribution in [0.2, 0.25) is 0 Å². The molecule has 0 saturated carbocycles. The fourth-order valence-electron chi connectivity index (χ4n) is 4.27. The summed E-state index contributed by atoms with van der Waals surface area (Å²) in [5.74, 6) is 1.67. The minimum Gasteiger partial charge on any atom is -0.390 e. The lowest BCUT2D eigenvalue weighted by molar-refractivity contribution is -0.821. The Labute approximate surface area is 162 Å². The van der Waals surface area contributed by atoms with Crippen molar-refractivity contribution in [2.45, 2.75) is 38.5 Å². The highest BCUT2D eigenvalue weighted by molar-refractivity contribution is 6.00. The Bertz CT molecular complexity index is 448. The number of Topliss-reactive ketones (excluding diaryl/α,β-unsaturated/α-hetero) is 2. The molecular formula is C19H33B2N2O3. The first-order chi connectivity index (χ1) is 11.6. The Hall–Kier alpha value is -0.650. The second kappa shape index (κ2) is 10.6. The van der Waals surface area contributed by atoms with E-state index in [2.05, 4.69) is 4.90 Å². The zero-order chi connectivity index (χ0) is 17.0. The summed E-state index contributed by atoms with van der Waals surface area (Å²) < 4.78 is 5.47. The summed E-state index contributed by atoms with van der Waals surface area (Å²) in [5.41, 5.74) is 0. The molecule has 0 aromatic carbocycles. The lowest BCUT2D eigenvalue weighted by atomic mass is 9.82. The molecule has 7 saturated heterocycles. The van der Waals surface area contributed by atoms with Gasteiger partial charge in [-0.15, -0.1) is 0 Å². The number of carbonyl (C=O) groups is 2. The van der Waals surface area contributed by atoms with Crippen molar-refractivity contribution < 1.29 is 18.7 Å². The van der Waals surface area contributed by atoms with Gasteiger partial charge in [-0.05, 0) is 38.8 Å². The average molecular weight is 359 g/mol. The van der Waals surface area contributed by atoms with Crippen LogP contribution in [0.15, 0.2) is 0 Å². The van der Waals surface area contributed by atoms with E-state index in [0.717, 1.165) is 71.6 Å². The van der Waals surface area contributed by atoms with Gasteiger partial charge in [0.2, 0.25) is 0 Å². The van der Waals surface area contributed by atoms with Gasteiger partial charge in [0.25, 0.3) is 0 Å². The largest absolute Gasteiger partial charge is 0.481 e. The van der Waals surface area contributed by atoms with Crippen LogP contribution < -0.4 is 0 Å². The highest BCUT2D eigenvalue weighted by Crippen LogP contribution is 2.28. The van der Waals surface area contributed by atoms with Crippen LogP contribution in [0, 0.1) is 19.3 Å². The van der Waals surface area contributed by atoms with E-state index in [4.69, 9.17) is 12.7 Å². The molecule has 7 heteroatoms. The van der Waals surface area contributed by atoms with Gasteiger partial charge in [0, 0.05) is 46.3 Å². The van der Waals surface area contributed by atoms with Crippen molar-refractivity contribution in [3.05, 3.63) is 7.43 Å². The van der Waals surface area contributed by atoms with E-state index in [-0.39, 0.29) is 15.8 Å². The van der Waals surface area contributed by atoms with E-state index in [1.807, 2.05) is 0 Å². The van der Waals surface area contributed by atoms with E-state index >= 15 is 0 Å². The summed E-state index contributed by atoms with van der Waals surface area (Å²) in [6.07, 6.45) is 6.85. The van der Waals surface area contributed by atoms with Crippen molar-refractivity contribution in [2.75, 3.05) is 52.5 Å². The normalized spacial score (nSPS) is 36.7. The molecule has 0 unspecified atom stereocenters. The van der Waals surface area contributed by atoms with Gasteiger partial charge in [0.15, 0.2) is 5.78 Å². The molecule has 4 bridgehead atoms. The fraction of sp³-hybridized carbons (Fsp3) is 0.842. The number of ether oxygens (including phenoxy) is 1. The molecule has 5 radical (unpaired) electrons. The SMILES string of the molecule is C1CCOC1.O=C1CN2CCC1CC2.[B].[B][N+]12CCC(CC1)C(=O)C2.[CH3-]. The zero-order valence-corrected chi connectivity index (χ0v) is 16.3. The molecule has 0 N–H and O–H groups in total. The average Bonchev–Trinajstić information content (AvgIpc) is 3.16. The molecule has 0 aliphatic carbocycles. The summed E-state index contributed by atoms with van der Waals surface area (Å²) in [6.45, 7) is 7.68. The highest BCUT2D eigenvalue weighted by Gasteiger charge is 2.41. The zero-order valence-electron chi connectivity index (χ0n) is 16.3. The van der Waals surface area contributed by atoms with Gasteiger partial charge in [0.05, 0.1) is 19.6 Å². The van der Waals surface area contributed by atoms with Crippen molar-refractivity contribution in [1.29, 1.82) is 0 Å². The third-order valence-electron chi connectivity index (χ3n) is 6.02. The standard InChI is InChI=1S/C7H11BNO.C7H11NO.C4H8O.CH3.B/c8-9-3-1-6(2-4-9)7(10)5-9;9-7-5-8-3-1-6(7)2-4-8;1-2-4-5-3-1;;/h6H,1-5H2;6H,1-5H2;1-4H2;1H3;/q+1;;;-1;. The van der Waals surface area contributed by atoms with Crippen molar-refractivity contribution in [3.63, 3.8) is 0 Å². The molecule has 7 rings (SSSR count). The lowest BCUT2D eigenvalue weighted by Crippen LogP contribution is -2.60. The molecule has 0 aromatic heterocycles. The van der Waals surface area contributed by atoms with Crippen LogP contribution in [0.5, 0.6) is 0 Å². The van der Waals surface area contributed by atoms with Crippen molar-refractivity contribution in [2.24, 2.45) is 11.8 Å². The number of quaternary nitrogens is 1. The van der Waals surface area contributed by atoms with Crippen LogP contribution in [0.1, 0.15) is 38.5 Å². The molecule has 7 heterocycles. The van der Waals surface area contributed by atoms with Gasteiger partial charge in [-0.3, -0.25) is 14.5 Å². The molecule has 0 amide bonds. The summed E-state index contributed by atoms with van der Waals surface area (Å²) in [6, 6.07) is 0. The van der Waals surface area contributed by atoms with Crippen molar-refractivity contribution in [1.82, 2.24) is 4.90 Å². The van der Waals surface area contributed by atoms with Gasteiger partial charge in [0.1, 0.15) is 12.3 Å². The molecule has 7 aliphatic heterocycles. The second-order valence-electron chi connectivity index (χ2n) is 7.90. The molecule has 26 heavy (non-hydrogen) atoms. The molecule has 143 valence electrons. The van der Waals surface area contributed by atoms with Crippen molar-refractivity contribution in [3.8, 4) is 0 Å². The van der Waals surface area contributed by atoms with Crippen LogP contribution in [0.4, 0.5) is 0 Å². The quantitative estimate of drug-likeness (QED) is 0.479. The van der Waals surface area contributed by atoms with E-state index in [1.165, 1.54) is 12.8 Å². The predicted octanol–water partition coefficient (Wildman–Crippen LogP) is 1.03. The molecule has 7 aliphatic rings. The molecule has 0 spiro atoms. The number of ketones is 2. The van der Waals surface area contributed by atoms with Gasteiger partial charge in [-0.25, -0.2) is 0 Å². The fourth-order valence-corrected chi connectivity index (χ4v) is 4.27. The number of hydrogen-bond acceptors (Lipinski definition) is 4. The first-order valence-electron chi connectivity index (χ1n) is 9.56. The Balaban J connectivity index is 0.000000197. The molecule has 5 nitrogen and oxygen atoms in total. The topological polar surface area (TPSA) is 46.6 Å². The van der Waals surface area contributed by atoms with Gasteiger partial charge in [-0.2, -0.15) is 0 Å². The van der Waals surface area contributed by atoms with Gasteiger partial charge >= 0.3 is 7.98 Å². The third kappa shape index (κ3) is 6.21. The first-order valence-corrected chi connectivity index (χ1v) is 9.56. The number of piperidine rings is 6. The highest BCUT2D eigenvalue weighted by atomic mass is 16.5. The van der Waals surface area contributed by atoms with Gasteiger partial charge < -0.3 is 16.6 Å². The number of fused-ring (bicyclic) bond motifs is 6. The number of carbonyl (C=O) groups excluding carboxylic acids is 2. The van der Waals surface area contributed by atoms with Gasteiger partial charge in [-0.1, -0.05) is 0 Å². The van der Waals surface area contributed by atoms with E-state index in [9.17, 15) is 9.59 Å². The summed E-state index contributed by atoms with van der Waals surface area (Å²) in [4.78, 5) is 24.4. The van der Waals surface area contributed by atoms with Crippen molar-refractivity contribution >= 4 is 28.0 Å². The maximum absolute atomic E-state index is 11.2. The maximum atomic E-state index is 11.2. The third-order valence-corrected chi connectivity index (χ3v) is 6.02. The van der Waals surface area contributed by atoms with Crippen LogP contribution in [0.25, 0.3) is 0 Å². The summed E-state index contributed by atoms with van der Waals surface area (Å²) >= 11 is 0. The van der Waals surface area contributed by atoms with Crippen LogP contribution in [-0.4, -0.2) is 89.7 Å². The Morgan fingerprint density at radius 1 is 0.923 bits per heavy atom. The monoisotopic (exact) mass is 359 g/mol. The molecular weight excluding hydrogens is 326 g/mol. The van der Waals surface area contributed by atoms with E-state index in [1.54, 1.807) is 0 Å². The smallest absolute Gasteiger partial charge is 0.390 e. The number of nitrogens with zero attached hydrogens (tertiary/aromatic N) is 2. The first kappa shape index (κ1) is 23.4. The number of hydrogen-bond donors (Lipinski definition) is 0. The maximum Gasteiger partial charge on any atom is 0.481 e.